The molecule has 0 radical (unpaired) electrons. The van der Waals surface area contributed by atoms with Gasteiger partial charge in [-0.25, -0.2) is 0 Å². The van der Waals surface area contributed by atoms with Gasteiger partial charge >= 0.3 is 18.3 Å². The predicted molar refractivity (Wildman–Crippen MR) is 105 cm³/mol. The highest BCUT2D eigenvalue weighted by molar-refractivity contribution is 5.83. The fraction of sp³-hybridized carbons (Fsp3) is 0.435. The van der Waals surface area contributed by atoms with Crippen molar-refractivity contribution in [2.45, 2.75) is 50.4 Å². The van der Waals surface area contributed by atoms with Crippen LogP contribution in [0, 0.1) is 11.8 Å². The number of nitrogens with zero attached hydrogens (tertiary/aromatic N) is 1. The van der Waals surface area contributed by atoms with Crippen LogP contribution >= 0.6 is 0 Å². The quantitative estimate of drug-likeness (QED) is 0.515. The maximum Gasteiger partial charge on any atom is 0.418 e. The normalized spacial score (nSPS) is 20.3. The molecule has 0 aliphatic heterocycles. The third-order valence-electron chi connectivity index (χ3n) is 6.05. The van der Waals surface area contributed by atoms with E-state index < -0.39 is 52.9 Å². The second-order valence-electron chi connectivity index (χ2n) is 8.16. The van der Waals surface area contributed by atoms with Gasteiger partial charge in [-0.1, -0.05) is 12.1 Å². The second-order valence-corrected chi connectivity index (χ2v) is 8.16. The van der Waals surface area contributed by atoms with Gasteiger partial charge in [0.2, 0.25) is 0 Å². The van der Waals surface area contributed by atoms with Crippen LogP contribution in [-0.2, 0) is 21.9 Å². The summed E-state index contributed by atoms with van der Waals surface area (Å²) in [6.07, 6.45) is -7.46. The molecule has 0 bridgehead atoms. The smallest absolute Gasteiger partial charge is 0.418 e. The SMILES string of the molecule is O=C(O)C1CCC(C(=O)C[C@@H](c2ccc(C(F)(F)F)cc2)c2ncccc2C(F)(F)F)CC1. The van der Waals surface area contributed by atoms with Crippen LogP contribution in [0.4, 0.5) is 26.3 Å². The molecule has 1 atom stereocenters. The third-order valence-corrected chi connectivity index (χ3v) is 6.05. The first-order chi connectivity index (χ1) is 15.4. The van der Waals surface area contributed by atoms with Crippen molar-refractivity contribution in [1.29, 1.82) is 0 Å². The standard InChI is InChI=1S/C23H21F6NO3/c24-22(25,26)16-9-7-13(8-10-16)17(20-18(23(27,28)29)2-1-11-30-20)12-19(31)14-3-5-15(6-4-14)21(32)33/h1-2,7-11,14-15,17H,3-6,12H2,(H,32,33)/t14?,15?,17-/m0/s1. The van der Waals surface area contributed by atoms with Crippen molar-refractivity contribution in [3.63, 3.8) is 0 Å². The molecule has 0 amide bonds. The van der Waals surface area contributed by atoms with E-state index in [1.807, 2.05) is 0 Å². The number of rotatable bonds is 6. The molecule has 10 heteroatoms. The molecule has 33 heavy (non-hydrogen) atoms. The molecule has 3 rings (SSSR count). The number of halogens is 6. The Kier molecular flexibility index (Phi) is 7.14. The fourth-order valence-electron chi connectivity index (χ4n) is 4.24. The molecule has 1 aliphatic rings. The summed E-state index contributed by atoms with van der Waals surface area (Å²) in [7, 11) is 0. The van der Waals surface area contributed by atoms with Crippen molar-refractivity contribution in [2.24, 2.45) is 11.8 Å². The summed E-state index contributed by atoms with van der Waals surface area (Å²) < 4.78 is 79.7. The molecule has 0 spiro atoms. The van der Waals surface area contributed by atoms with Crippen LogP contribution in [0.25, 0.3) is 0 Å². The van der Waals surface area contributed by atoms with Crippen molar-refractivity contribution >= 4 is 11.8 Å². The van der Waals surface area contributed by atoms with Crippen molar-refractivity contribution in [3.05, 3.63) is 65.0 Å². The van der Waals surface area contributed by atoms with E-state index in [1.54, 1.807) is 0 Å². The third kappa shape index (κ3) is 5.91. The molecular formula is C23H21F6NO3. The van der Waals surface area contributed by atoms with Gasteiger partial charge < -0.3 is 5.11 Å². The van der Waals surface area contributed by atoms with Crippen LogP contribution in [0.2, 0.25) is 0 Å². The first-order valence-electron chi connectivity index (χ1n) is 10.3. The number of ketones is 1. The van der Waals surface area contributed by atoms with Gasteiger partial charge in [0.15, 0.2) is 0 Å². The van der Waals surface area contributed by atoms with Crippen molar-refractivity contribution in [2.75, 3.05) is 0 Å². The summed E-state index contributed by atoms with van der Waals surface area (Å²) in [4.78, 5) is 28.0. The first kappa shape index (κ1) is 24.7. The molecule has 0 saturated heterocycles. The van der Waals surface area contributed by atoms with Gasteiger partial charge in [-0.3, -0.25) is 14.6 Å². The maximum atomic E-state index is 13.6. The molecule has 2 aromatic rings. The molecular weight excluding hydrogens is 452 g/mol. The number of Topliss-reactive ketones (excluding diaryl/α,β-unsaturated/α-hetero) is 1. The molecule has 1 heterocycles. The minimum absolute atomic E-state index is 0.111. The van der Waals surface area contributed by atoms with Gasteiger partial charge in [0.1, 0.15) is 5.78 Å². The lowest BCUT2D eigenvalue weighted by atomic mass is 9.77. The minimum atomic E-state index is -4.77. The van der Waals surface area contributed by atoms with Gasteiger partial charge in [-0.2, -0.15) is 26.3 Å². The zero-order valence-electron chi connectivity index (χ0n) is 17.3. The monoisotopic (exact) mass is 473 g/mol. The number of carboxylic acid groups (broad SMARTS) is 1. The molecule has 0 unspecified atom stereocenters. The Labute approximate surface area is 185 Å². The fourth-order valence-corrected chi connectivity index (χ4v) is 4.24. The van der Waals surface area contributed by atoms with E-state index in [-0.39, 0.29) is 30.6 Å². The number of hydrogen-bond acceptors (Lipinski definition) is 3. The number of hydrogen-bond donors (Lipinski definition) is 1. The van der Waals surface area contributed by atoms with Gasteiger partial charge in [0.25, 0.3) is 0 Å². The Bertz CT molecular complexity index is 992. The minimum Gasteiger partial charge on any atom is -0.481 e. The van der Waals surface area contributed by atoms with E-state index in [0.717, 1.165) is 42.6 Å². The topological polar surface area (TPSA) is 67.3 Å². The van der Waals surface area contributed by atoms with E-state index >= 15 is 0 Å². The number of benzene rings is 1. The van der Waals surface area contributed by atoms with Gasteiger partial charge in [0.05, 0.1) is 22.7 Å². The number of alkyl halides is 6. The van der Waals surface area contributed by atoms with Crippen LogP contribution in [-0.4, -0.2) is 21.8 Å². The molecule has 1 aromatic heterocycles. The van der Waals surface area contributed by atoms with Crippen LogP contribution in [0.15, 0.2) is 42.6 Å². The van der Waals surface area contributed by atoms with Crippen LogP contribution in [0.5, 0.6) is 0 Å². The number of carboxylic acids is 1. The summed E-state index contributed by atoms with van der Waals surface area (Å²) in [5, 5.41) is 9.11. The maximum absolute atomic E-state index is 13.6. The zero-order chi connectivity index (χ0) is 24.4. The Balaban J connectivity index is 1.94. The summed E-state index contributed by atoms with van der Waals surface area (Å²) in [6.45, 7) is 0. The Morgan fingerprint density at radius 3 is 2.00 bits per heavy atom. The van der Waals surface area contributed by atoms with E-state index in [9.17, 15) is 35.9 Å². The Hall–Kier alpha value is -2.91. The average Bonchev–Trinajstić information content (AvgIpc) is 2.76. The highest BCUT2D eigenvalue weighted by atomic mass is 19.4. The average molecular weight is 473 g/mol. The Morgan fingerprint density at radius 2 is 1.48 bits per heavy atom. The van der Waals surface area contributed by atoms with E-state index in [0.29, 0.717) is 12.8 Å². The number of pyridine rings is 1. The molecule has 1 aromatic carbocycles. The number of carbonyl (C=O) groups is 2. The van der Waals surface area contributed by atoms with Crippen molar-refractivity contribution < 1.29 is 41.0 Å². The van der Waals surface area contributed by atoms with Crippen molar-refractivity contribution in [1.82, 2.24) is 4.98 Å². The van der Waals surface area contributed by atoms with Crippen molar-refractivity contribution in [3.8, 4) is 0 Å². The first-order valence-corrected chi connectivity index (χ1v) is 10.3. The molecule has 1 fully saturated rings. The molecule has 178 valence electrons. The van der Waals surface area contributed by atoms with Gasteiger partial charge in [-0.15, -0.1) is 0 Å². The summed E-state index contributed by atoms with van der Waals surface area (Å²) in [6, 6.07) is 5.59. The highest BCUT2D eigenvalue weighted by Gasteiger charge is 2.38. The summed E-state index contributed by atoms with van der Waals surface area (Å²) in [5.41, 5.74) is -2.34. The van der Waals surface area contributed by atoms with Gasteiger partial charge in [-0.05, 0) is 55.5 Å². The van der Waals surface area contributed by atoms with Gasteiger partial charge in [0, 0.05) is 24.5 Å². The second kappa shape index (κ2) is 9.52. The van der Waals surface area contributed by atoms with Crippen LogP contribution < -0.4 is 0 Å². The van der Waals surface area contributed by atoms with E-state index in [1.165, 1.54) is 0 Å². The molecule has 1 saturated carbocycles. The van der Waals surface area contributed by atoms with Crippen LogP contribution in [0.1, 0.15) is 60.4 Å². The van der Waals surface area contributed by atoms with E-state index in [2.05, 4.69) is 4.98 Å². The zero-order valence-corrected chi connectivity index (χ0v) is 17.3. The largest absolute Gasteiger partial charge is 0.481 e. The number of aliphatic carboxylic acids is 1. The number of carbonyl (C=O) groups excluding carboxylic acids is 1. The highest BCUT2D eigenvalue weighted by Crippen LogP contribution is 2.40. The molecule has 1 aliphatic carbocycles. The summed E-state index contributed by atoms with van der Waals surface area (Å²) in [5.74, 6) is -3.59. The lowest BCUT2D eigenvalue weighted by Crippen LogP contribution is -2.27. The summed E-state index contributed by atoms with van der Waals surface area (Å²) >= 11 is 0. The molecule has 1 N–H and O–H groups in total. The predicted octanol–water partition coefficient (Wildman–Crippen LogP) is 6.10. The Morgan fingerprint density at radius 1 is 0.909 bits per heavy atom. The molecule has 4 nitrogen and oxygen atoms in total. The van der Waals surface area contributed by atoms with Crippen LogP contribution in [0.3, 0.4) is 0 Å². The van der Waals surface area contributed by atoms with E-state index in [4.69, 9.17) is 5.11 Å². The lowest BCUT2D eigenvalue weighted by molar-refractivity contribution is -0.144. The lowest BCUT2D eigenvalue weighted by Gasteiger charge is -2.27. The number of aromatic nitrogens is 1.